The number of carboxylic acids is 1. The van der Waals surface area contributed by atoms with Gasteiger partial charge in [0.25, 0.3) is 0 Å². The Bertz CT molecular complexity index is 1000. The molecule has 7 nitrogen and oxygen atoms in total. The lowest BCUT2D eigenvalue weighted by molar-refractivity contribution is 0.0699. The number of ether oxygens (including phenoxy) is 1. The molecule has 1 aromatic carbocycles. The van der Waals surface area contributed by atoms with Crippen LogP contribution in [0.4, 0.5) is 0 Å². The molecule has 0 bridgehead atoms. The van der Waals surface area contributed by atoms with Crippen molar-refractivity contribution in [3.63, 3.8) is 0 Å². The molecule has 0 saturated heterocycles. The molecule has 0 aliphatic heterocycles. The van der Waals surface area contributed by atoms with Crippen molar-refractivity contribution in [1.82, 2.24) is 15.0 Å². The van der Waals surface area contributed by atoms with Gasteiger partial charge in [-0.3, -0.25) is 4.98 Å². The summed E-state index contributed by atoms with van der Waals surface area (Å²) in [7, 11) is 0. The topological polar surface area (TPSA) is 101 Å². The maximum absolute atomic E-state index is 11.2. The Morgan fingerprint density at radius 2 is 2.09 bits per heavy atom. The summed E-state index contributed by atoms with van der Waals surface area (Å²) in [6.45, 7) is 0. The van der Waals surface area contributed by atoms with Gasteiger partial charge in [-0.2, -0.15) is 0 Å². The van der Waals surface area contributed by atoms with E-state index >= 15 is 0 Å². The van der Waals surface area contributed by atoms with Crippen molar-refractivity contribution >= 4 is 28.1 Å². The molecule has 4 rings (SSSR count). The second-order valence-electron chi connectivity index (χ2n) is 4.64. The number of carboxylic acid groups (broad SMARTS) is 1. The van der Waals surface area contributed by atoms with Crippen LogP contribution >= 0.6 is 0 Å². The van der Waals surface area contributed by atoms with Gasteiger partial charge in [-0.25, -0.2) is 9.78 Å². The summed E-state index contributed by atoms with van der Waals surface area (Å²) in [6.07, 6.45) is 2.81. The molecule has 2 N–H and O–H groups in total. The number of pyridine rings is 1. The molecular weight excluding hydrogens is 286 g/mol. The Kier molecular flexibility index (Phi) is 2.59. The molecule has 0 radical (unpaired) electrons. The van der Waals surface area contributed by atoms with E-state index in [1.807, 2.05) is 0 Å². The molecule has 0 saturated carbocycles. The van der Waals surface area contributed by atoms with Gasteiger partial charge in [-0.15, -0.1) is 0 Å². The van der Waals surface area contributed by atoms with Crippen molar-refractivity contribution in [2.45, 2.75) is 0 Å². The smallest absolute Gasteiger partial charge is 0.337 e. The van der Waals surface area contributed by atoms with E-state index < -0.39 is 5.97 Å². The minimum atomic E-state index is -1.02. The van der Waals surface area contributed by atoms with Gasteiger partial charge in [0.15, 0.2) is 17.9 Å². The van der Waals surface area contributed by atoms with Crippen LogP contribution in [-0.2, 0) is 0 Å². The standard InChI is InChI=1S/C15H9N3O4/c19-15(20)9-3-4-16-11-6-13(18-14(9)11)22-8-1-2-10-12(5-8)21-7-17-10/h1-7,18H,(H,19,20). The highest BCUT2D eigenvalue weighted by Gasteiger charge is 2.13. The average molecular weight is 295 g/mol. The molecule has 0 aliphatic rings. The Hall–Kier alpha value is -3.35. The van der Waals surface area contributed by atoms with Crippen LogP contribution in [0.3, 0.4) is 0 Å². The highest BCUT2D eigenvalue weighted by atomic mass is 16.5. The summed E-state index contributed by atoms with van der Waals surface area (Å²) in [6, 6.07) is 8.32. The molecule has 22 heavy (non-hydrogen) atoms. The fourth-order valence-corrected chi connectivity index (χ4v) is 2.26. The number of aromatic nitrogens is 3. The van der Waals surface area contributed by atoms with E-state index in [0.717, 1.165) is 5.52 Å². The molecule has 4 aromatic rings. The zero-order valence-corrected chi connectivity index (χ0v) is 11.1. The summed E-state index contributed by atoms with van der Waals surface area (Å²) in [5, 5.41) is 9.17. The Balaban J connectivity index is 1.74. The molecule has 0 amide bonds. The van der Waals surface area contributed by atoms with Gasteiger partial charge in [0, 0.05) is 18.3 Å². The van der Waals surface area contributed by atoms with E-state index in [9.17, 15) is 4.79 Å². The van der Waals surface area contributed by atoms with Crippen molar-refractivity contribution in [2.24, 2.45) is 0 Å². The Morgan fingerprint density at radius 1 is 1.18 bits per heavy atom. The van der Waals surface area contributed by atoms with Gasteiger partial charge >= 0.3 is 5.97 Å². The van der Waals surface area contributed by atoms with Crippen LogP contribution in [0, 0.1) is 0 Å². The fraction of sp³-hybridized carbons (Fsp3) is 0. The molecule has 0 fully saturated rings. The molecular formula is C15H9N3O4. The minimum absolute atomic E-state index is 0.144. The lowest BCUT2D eigenvalue weighted by atomic mass is 10.2. The lowest BCUT2D eigenvalue weighted by Crippen LogP contribution is -1.97. The van der Waals surface area contributed by atoms with E-state index in [-0.39, 0.29) is 5.56 Å². The van der Waals surface area contributed by atoms with E-state index in [1.54, 1.807) is 24.3 Å². The number of H-pyrrole nitrogens is 1. The number of oxazole rings is 1. The highest BCUT2D eigenvalue weighted by molar-refractivity contribution is 6.01. The summed E-state index contributed by atoms with van der Waals surface area (Å²) in [5.41, 5.74) is 2.43. The van der Waals surface area contributed by atoms with E-state index in [1.165, 1.54) is 18.7 Å². The van der Waals surface area contributed by atoms with Gasteiger partial charge in [0.05, 0.1) is 16.6 Å². The molecule has 0 unspecified atom stereocenters. The highest BCUT2D eigenvalue weighted by Crippen LogP contribution is 2.28. The van der Waals surface area contributed by atoms with Gasteiger partial charge < -0.3 is 19.2 Å². The number of nitrogens with zero attached hydrogens (tertiary/aromatic N) is 2. The number of aromatic carboxylic acids is 1. The van der Waals surface area contributed by atoms with Gasteiger partial charge in [-0.1, -0.05) is 0 Å². The number of aromatic amines is 1. The molecule has 0 aliphatic carbocycles. The number of hydrogen-bond acceptors (Lipinski definition) is 5. The number of carbonyl (C=O) groups is 1. The van der Waals surface area contributed by atoms with Gasteiger partial charge in [0.1, 0.15) is 11.3 Å². The van der Waals surface area contributed by atoms with Crippen LogP contribution < -0.4 is 4.74 Å². The van der Waals surface area contributed by atoms with Gasteiger partial charge in [-0.05, 0) is 18.2 Å². The first-order valence-corrected chi connectivity index (χ1v) is 6.43. The maximum Gasteiger partial charge on any atom is 0.337 e. The molecule has 108 valence electrons. The first-order chi connectivity index (χ1) is 10.7. The zero-order chi connectivity index (χ0) is 15.1. The second kappa shape index (κ2) is 4.59. The molecule has 0 spiro atoms. The number of fused-ring (bicyclic) bond motifs is 2. The van der Waals surface area contributed by atoms with E-state index in [0.29, 0.717) is 28.2 Å². The summed E-state index contributed by atoms with van der Waals surface area (Å²) < 4.78 is 10.9. The average Bonchev–Trinajstić information content (AvgIpc) is 3.11. The third kappa shape index (κ3) is 1.96. The van der Waals surface area contributed by atoms with Gasteiger partial charge in [0.2, 0.25) is 0 Å². The lowest BCUT2D eigenvalue weighted by Gasteiger charge is -2.01. The van der Waals surface area contributed by atoms with Crippen LogP contribution in [0.1, 0.15) is 10.4 Å². The Morgan fingerprint density at radius 3 is 2.95 bits per heavy atom. The molecule has 3 heterocycles. The van der Waals surface area contributed by atoms with E-state index in [2.05, 4.69) is 15.0 Å². The number of hydrogen-bond donors (Lipinski definition) is 2. The van der Waals surface area contributed by atoms with Crippen molar-refractivity contribution in [3.8, 4) is 11.6 Å². The third-order valence-corrected chi connectivity index (χ3v) is 3.26. The van der Waals surface area contributed by atoms with Crippen LogP contribution in [0.5, 0.6) is 11.6 Å². The van der Waals surface area contributed by atoms with Crippen molar-refractivity contribution in [3.05, 3.63) is 48.5 Å². The fourth-order valence-electron chi connectivity index (χ4n) is 2.26. The monoisotopic (exact) mass is 295 g/mol. The van der Waals surface area contributed by atoms with Crippen LogP contribution in [0.2, 0.25) is 0 Å². The molecule has 3 aromatic heterocycles. The SMILES string of the molecule is O=C(O)c1ccnc2cc(Oc3ccc4ncoc4c3)[nH]c12. The summed E-state index contributed by atoms with van der Waals surface area (Å²) in [5.74, 6) is -0.0772. The molecule has 7 heteroatoms. The van der Waals surface area contributed by atoms with Crippen LogP contribution in [0.25, 0.3) is 22.1 Å². The Labute approximate surface area is 123 Å². The van der Waals surface area contributed by atoms with Crippen molar-refractivity contribution < 1.29 is 19.1 Å². The van der Waals surface area contributed by atoms with Crippen molar-refractivity contribution in [2.75, 3.05) is 0 Å². The quantitative estimate of drug-likeness (QED) is 0.602. The predicted octanol–water partition coefficient (Wildman–Crippen LogP) is 3.19. The number of rotatable bonds is 3. The molecule has 0 atom stereocenters. The third-order valence-electron chi connectivity index (χ3n) is 3.26. The maximum atomic E-state index is 11.2. The van der Waals surface area contributed by atoms with Crippen molar-refractivity contribution in [1.29, 1.82) is 0 Å². The normalized spacial score (nSPS) is 11.1. The number of benzene rings is 1. The second-order valence-corrected chi connectivity index (χ2v) is 4.64. The largest absolute Gasteiger partial charge is 0.478 e. The predicted molar refractivity (Wildman–Crippen MR) is 77.1 cm³/mol. The summed E-state index contributed by atoms with van der Waals surface area (Å²) in [4.78, 5) is 22.3. The first kappa shape index (κ1) is 12.4. The zero-order valence-electron chi connectivity index (χ0n) is 11.1. The van der Waals surface area contributed by atoms with Crippen LogP contribution in [-0.4, -0.2) is 26.0 Å². The number of nitrogens with one attached hydrogen (secondary N) is 1. The van der Waals surface area contributed by atoms with E-state index in [4.69, 9.17) is 14.3 Å². The van der Waals surface area contributed by atoms with Crippen LogP contribution in [0.15, 0.2) is 47.3 Å². The summed E-state index contributed by atoms with van der Waals surface area (Å²) >= 11 is 0. The minimum Gasteiger partial charge on any atom is -0.478 e. The first-order valence-electron chi connectivity index (χ1n) is 6.43.